The minimum atomic E-state index is -0.0245. The van der Waals surface area contributed by atoms with Crippen molar-refractivity contribution in [2.24, 2.45) is 7.05 Å². The molecule has 0 bridgehead atoms. The summed E-state index contributed by atoms with van der Waals surface area (Å²) in [7, 11) is 1.76. The van der Waals surface area contributed by atoms with Gasteiger partial charge in [-0.2, -0.15) is 0 Å². The Labute approximate surface area is 111 Å². The third-order valence-corrected chi connectivity index (χ3v) is 3.71. The summed E-state index contributed by atoms with van der Waals surface area (Å²) in [5, 5.41) is 0. The number of aromatic nitrogens is 4. The Morgan fingerprint density at radius 3 is 2.68 bits per heavy atom. The van der Waals surface area contributed by atoms with Gasteiger partial charge in [-0.05, 0) is 12.8 Å². The molecule has 0 spiro atoms. The van der Waals surface area contributed by atoms with Crippen molar-refractivity contribution in [3.05, 3.63) is 41.5 Å². The molecule has 6 heteroatoms. The highest BCUT2D eigenvalue weighted by atomic mass is 16.1. The van der Waals surface area contributed by atoms with Gasteiger partial charge < -0.3 is 14.0 Å². The highest BCUT2D eigenvalue weighted by Crippen LogP contribution is 2.23. The molecule has 1 aliphatic heterocycles. The molecule has 3 rings (SSSR count). The van der Waals surface area contributed by atoms with Crippen LogP contribution in [0.15, 0.2) is 35.9 Å². The Kier molecular flexibility index (Phi) is 3.06. The van der Waals surface area contributed by atoms with E-state index in [0.717, 1.165) is 25.9 Å². The van der Waals surface area contributed by atoms with Gasteiger partial charge in [-0.3, -0.25) is 4.79 Å². The number of rotatable bonds is 2. The van der Waals surface area contributed by atoms with Gasteiger partial charge in [0.05, 0.1) is 6.33 Å². The van der Waals surface area contributed by atoms with Crippen LogP contribution < -0.4 is 10.5 Å². The van der Waals surface area contributed by atoms with Crippen LogP contribution in [0.4, 0.5) is 5.82 Å². The molecule has 2 aromatic rings. The van der Waals surface area contributed by atoms with E-state index in [1.54, 1.807) is 30.2 Å². The maximum atomic E-state index is 12.0. The molecule has 0 unspecified atom stereocenters. The second-order valence-corrected chi connectivity index (χ2v) is 4.90. The lowest BCUT2D eigenvalue weighted by Gasteiger charge is -2.32. The fourth-order valence-electron chi connectivity index (χ4n) is 2.56. The lowest BCUT2D eigenvalue weighted by atomic mass is 10.1. The third-order valence-electron chi connectivity index (χ3n) is 3.71. The van der Waals surface area contributed by atoms with E-state index in [9.17, 15) is 4.79 Å². The molecule has 1 saturated heterocycles. The zero-order valence-electron chi connectivity index (χ0n) is 10.9. The first-order valence-corrected chi connectivity index (χ1v) is 6.50. The van der Waals surface area contributed by atoms with E-state index in [1.807, 2.05) is 12.5 Å². The zero-order chi connectivity index (χ0) is 13.2. The average Bonchev–Trinajstić information content (AvgIpc) is 2.96. The van der Waals surface area contributed by atoms with Gasteiger partial charge in [-0.25, -0.2) is 9.97 Å². The van der Waals surface area contributed by atoms with Crippen LogP contribution in [0, 0.1) is 0 Å². The Bertz CT molecular complexity index is 596. The normalized spacial score (nSPS) is 16.8. The molecule has 0 N–H and O–H groups in total. The number of piperidine rings is 1. The first-order chi connectivity index (χ1) is 9.25. The molecule has 0 atom stereocenters. The van der Waals surface area contributed by atoms with Gasteiger partial charge in [0, 0.05) is 51.0 Å². The lowest BCUT2D eigenvalue weighted by molar-refractivity contribution is 0.394. The van der Waals surface area contributed by atoms with Crippen LogP contribution >= 0.6 is 0 Å². The van der Waals surface area contributed by atoms with Gasteiger partial charge in [-0.1, -0.05) is 0 Å². The van der Waals surface area contributed by atoms with Crippen molar-refractivity contribution in [2.45, 2.75) is 18.9 Å². The molecule has 1 aliphatic rings. The summed E-state index contributed by atoms with van der Waals surface area (Å²) in [4.78, 5) is 22.4. The molecule has 0 amide bonds. The summed E-state index contributed by atoms with van der Waals surface area (Å²) in [5.41, 5.74) is -0.0245. The Hall–Kier alpha value is -2.11. The number of hydrogen-bond acceptors (Lipinski definition) is 4. The first kappa shape index (κ1) is 12.0. The zero-order valence-corrected chi connectivity index (χ0v) is 10.9. The van der Waals surface area contributed by atoms with Crippen molar-refractivity contribution in [3.8, 4) is 0 Å². The summed E-state index contributed by atoms with van der Waals surface area (Å²) in [5.74, 6) is 0.564. The van der Waals surface area contributed by atoms with Crippen LogP contribution in [-0.4, -0.2) is 32.2 Å². The predicted octanol–water partition coefficient (Wildman–Crippen LogP) is 0.818. The molecule has 0 aromatic carbocycles. The maximum Gasteiger partial charge on any atom is 0.293 e. The van der Waals surface area contributed by atoms with Gasteiger partial charge >= 0.3 is 0 Å². The van der Waals surface area contributed by atoms with Crippen molar-refractivity contribution in [2.75, 3.05) is 18.0 Å². The van der Waals surface area contributed by atoms with Gasteiger partial charge in [0.25, 0.3) is 5.56 Å². The lowest BCUT2D eigenvalue weighted by Crippen LogP contribution is -2.39. The van der Waals surface area contributed by atoms with Crippen LogP contribution in [0.2, 0.25) is 0 Å². The van der Waals surface area contributed by atoms with Crippen LogP contribution in [0.25, 0.3) is 0 Å². The molecule has 0 radical (unpaired) electrons. The predicted molar refractivity (Wildman–Crippen MR) is 72.2 cm³/mol. The van der Waals surface area contributed by atoms with Crippen molar-refractivity contribution >= 4 is 5.82 Å². The van der Waals surface area contributed by atoms with E-state index in [4.69, 9.17) is 0 Å². The van der Waals surface area contributed by atoms with Gasteiger partial charge in [-0.15, -0.1) is 0 Å². The second-order valence-electron chi connectivity index (χ2n) is 4.90. The standard InChI is InChI=1S/C13H17N5O/c1-16-8-5-15-12(13(16)19)17-6-2-11(3-7-17)18-9-4-14-10-18/h4-5,8-11H,2-3,6-7H2,1H3. The van der Waals surface area contributed by atoms with E-state index in [0.29, 0.717) is 11.9 Å². The minimum absolute atomic E-state index is 0.0245. The van der Waals surface area contributed by atoms with Crippen molar-refractivity contribution < 1.29 is 0 Å². The average molecular weight is 259 g/mol. The Morgan fingerprint density at radius 2 is 2.00 bits per heavy atom. The van der Waals surface area contributed by atoms with Crippen molar-refractivity contribution in [3.63, 3.8) is 0 Å². The topological polar surface area (TPSA) is 56.0 Å². The largest absolute Gasteiger partial charge is 0.352 e. The summed E-state index contributed by atoms with van der Waals surface area (Å²) in [6, 6.07) is 0.478. The highest BCUT2D eigenvalue weighted by molar-refractivity contribution is 5.36. The van der Waals surface area contributed by atoms with E-state index in [2.05, 4.69) is 19.4 Å². The van der Waals surface area contributed by atoms with Crippen LogP contribution in [0.3, 0.4) is 0 Å². The quantitative estimate of drug-likeness (QED) is 0.801. The van der Waals surface area contributed by atoms with E-state index in [-0.39, 0.29) is 5.56 Å². The van der Waals surface area contributed by atoms with Gasteiger partial charge in [0.15, 0.2) is 5.82 Å². The number of aryl methyl sites for hydroxylation is 1. The number of nitrogens with zero attached hydrogens (tertiary/aromatic N) is 5. The van der Waals surface area contributed by atoms with Crippen LogP contribution in [0.5, 0.6) is 0 Å². The third kappa shape index (κ3) is 2.25. The molecule has 6 nitrogen and oxygen atoms in total. The van der Waals surface area contributed by atoms with E-state index in [1.165, 1.54) is 0 Å². The summed E-state index contributed by atoms with van der Waals surface area (Å²) >= 11 is 0. The molecule has 100 valence electrons. The summed E-state index contributed by atoms with van der Waals surface area (Å²) in [6.45, 7) is 1.71. The van der Waals surface area contributed by atoms with Gasteiger partial charge in [0.1, 0.15) is 0 Å². The highest BCUT2D eigenvalue weighted by Gasteiger charge is 2.22. The van der Waals surface area contributed by atoms with E-state index < -0.39 is 0 Å². The molecule has 19 heavy (non-hydrogen) atoms. The molecule has 0 saturated carbocycles. The monoisotopic (exact) mass is 259 g/mol. The summed E-state index contributed by atoms with van der Waals surface area (Å²) < 4.78 is 3.72. The fraction of sp³-hybridized carbons (Fsp3) is 0.462. The first-order valence-electron chi connectivity index (χ1n) is 6.50. The van der Waals surface area contributed by atoms with Crippen LogP contribution in [0.1, 0.15) is 18.9 Å². The SMILES string of the molecule is Cn1ccnc(N2CCC(n3ccnc3)CC2)c1=O. The molecule has 0 aliphatic carbocycles. The molecule has 3 heterocycles. The second kappa shape index (κ2) is 4.87. The fourth-order valence-corrected chi connectivity index (χ4v) is 2.56. The smallest absolute Gasteiger partial charge is 0.293 e. The number of anilines is 1. The molecular formula is C13H17N5O. The summed E-state index contributed by atoms with van der Waals surface area (Å²) in [6.07, 6.45) is 11.1. The van der Waals surface area contributed by atoms with Crippen molar-refractivity contribution in [1.82, 2.24) is 19.1 Å². The van der Waals surface area contributed by atoms with Crippen LogP contribution in [-0.2, 0) is 7.05 Å². The van der Waals surface area contributed by atoms with Crippen molar-refractivity contribution in [1.29, 1.82) is 0 Å². The van der Waals surface area contributed by atoms with E-state index >= 15 is 0 Å². The molecular weight excluding hydrogens is 242 g/mol. The molecule has 2 aromatic heterocycles. The molecule has 1 fully saturated rings. The number of hydrogen-bond donors (Lipinski definition) is 0. The minimum Gasteiger partial charge on any atom is -0.352 e. The van der Waals surface area contributed by atoms with Gasteiger partial charge in [0.2, 0.25) is 0 Å². The Morgan fingerprint density at radius 1 is 1.21 bits per heavy atom. The maximum absolute atomic E-state index is 12.0. The number of imidazole rings is 1. The Balaban J connectivity index is 1.74.